The molecule has 0 spiro atoms. The molecule has 0 aromatic carbocycles. The third-order valence-electron chi connectivity index (χ3n) is 4.95. The Hall–Kier alpha value is -1.26. The predicted molar refractivity (Wildman–Crippen MR) is 81.1 cm³/mol. The van der Waals surface area contributed by atoms with Crippen LogP contribution in [0.4, 0.5) is 4.79 Å². The number of urea groups is 1. The second-order valence-corrected chi connectivity index (χ2v) is 6.66. The number of likely N-dealkylation sites (tertiary alicyclic amines) is 1. The van der Waals surface area contributed by atoms with Gasteiger partial charge in [0.05, 0.1) is 5.92 Å². The Bertz CT molecular complexity index is 373. The molecule has 2 amide bonds. The van der Waals surface area contributed by atoms with E-state index < -0.39 is 11.9 Å². The fraction of sp³-hybridized carbons (Fsp3) is 0.875. The molecule has 0 aromatic rings. The monoisotopic (exact) mass is 296 g/mol. The summed E-state index contributed by atoms with van der Waals surface area (Å²) in [6.45, 7) is 3.81. The standard InChI is InChI=1S/C16H28N2O3/c1-12-6-5-10-18(11-9-12)16(21)17-14-8-4-2-3-7-13(14)15(19)20/h12-14H,2-11H2,1H3,(H,17,21)(H,19,20). The van der Waals surface area contributed by atoms with Crippen LogP contribution in [-0.4, -0.2) is 41.1 Å². The van der Waals surface area contributed by atoms with E-state index in [9.17, 15) is 14.7 Å². The average Bonchev–Trinajstić information content (AvgIpc) is 2.79. The maximum Gasteiger partial charge on any atom is 0.317 e. The Labute approximate surface area is 127 Å². The van der Waals surface area contributed by atoms with Crippen LogP contribution in [0.15, 0.2) is 0 Å². The zero-order valence-electron chi connectivity index (χ0n) is 13.0. The topological polar surface area (TPSA) is 69.6 Å². The molecule has 21 heavy (non-hydrogen) atoms. The van der Waals surface area contributed by atoms with Gasteiger partial charge in [-0.2, -0.15) is 0 Å². The van der Waals surface area contributed by atoms with Crippen LogP contribution in [0.3, 0.4) is 0 Å². The molecule has 3 atom stereocenters. The van der Waals surface area contributed by atoms with Gasteiger partial charge in [-0.25, -0.2) is 4.79 Å². The van der Waals surface area contributed by atoms with E-state index in [0.717, 1.165) is 51.6 Å². The lowest BCUT2D eigenvalue weighted by atomic mass is 9.95. The summed E-state index contributed by atoms with van der Waals surface area (Å²) in [6, 6.07) is -0.277. The van der Waals surface area contributed by atoms with Crippen LogP contribution in [-0.2, 0) is 4.79 Å². The molecule has 0 radical (unpaired) electrons. The molecule has 1 saturated heterocycles. The smallest absolute Gasteiger partial charge is 0.317 e. The van der Waals surface area contributed by atoms with E-state index in [1.54, 1.807) is 0 Å². The van der Waals surface area contributed by atoms with E-state index in [0.29, 0.717) is 12.3 Å². The van der Waals surface area contributed by atoms with E-state index in [4.69, 9.17) is 0 Å². The van der Waals surface area contributed by atoms with Crippen molar-refractivity contribution in [3.63, 3.8) is 0 Å². The first kappa shape index (κ1) is 16.1. The zero-order valence-corrected chi connectivity index (χ0v) is 13.0. The van der Waals surface area contributed by atoms with Crippen molar-refractivity contribution in [2.75, 3.05) is 13.1 Å². The van der Waals surface area contributed by atoms with Crippen LogP contribution < -0.4 is 5.32 Å². The molecule has 2 fully saturated rings. The molecule has 5 nitrogen and oxygen atoms in total. The van der Waals surface area contributed by atoms with Gasteiger partial charge >= 0.3 is 12.0 Å². The minimum atomic E-state index is -0.772. The van der Waals surface area contributed by atoms with Crippen LogP contribution in [0.2, 0.25) is 0 Å². The summed E-state index contributed by atoms with van der Waals surface area (Å²) < 4.78 is 0. The predicted octanol–water partition coefficient (Wildman–Crippen LogP) is 2.85. The van der Waals surface area contributed by atoms with Gasteiger partial charge in [0.2, 0.25) is 0 Å². The summed E-state index contributed by atoms with van der Waals surface area (Å²) in [6.07, 6.45) is 7.74. The maximum atomic E-state index is 12.4. The minimum Gasteiger partial charge on any atom is -0.481 e. The summed E-state index contributed by atoms with van der Waals surface area (Å²) in [5, 5.41) is 12.4. The van der Waals surface area contributed by atoms with Gasteiger partial charge in [-0.1, -0.05) is 26.2 Å². The summed E-state index contributed by atoms with van der Waals surface area (Å²) in [7, 11) is 0. The number of carbonyl (C=O) groups excluding carboxylic acids is 1. The van der Waals surface area contributed by atoms with Crippen LogP contribution in [0.25, 0.3) is 0 Å². The summed E-state index contributed by atoms with van der Waals surface area (Å²) in [5.74, 6) is -0.526. The lowest BCUT2D eigenvalue weighted by Gasteiger charge is -2.27. The van der Waals surface area contributed by atoms with Gasteiger partial charge in [0, 0.05) is 19.1 Å². The number of carbonyl (C=O) groups is 2. The van der Waals surface area contributed by atoms with Crippen LogP contribution in [0, 0.1) is 11.8 Å². The average molecular weight is 296 g/mol. The van der Waals surface area contributed by atoms with Crippen LogP contribution >= 0.6 is 0 Å². The highest BCUT2D eigenvalue weighted by atomic mass is 16.4. The molecule has 1 aliphatic carbocycles. The summed E-state index contributed by atoms with van der Waals surface area (Å²) in [4.78, 5) is 25.7. The van der Waals surface area contributed by atoms with Gasteiger partial charge < -0.3 is 15.3 Å². The summed E-state index contributed by atoms with van der Waals surface area (Å²) >= 11 is 0. The van der Waals surface area contributed by atoms with Crippen LogP contribution in [0.5, 0.6) is 0 Å². The first-order chi connectivity index (χ1) is 10.1. The third kappa shape index (κ3) is 4.61. The van der Waals surface area contributed by atoms with Crippen LogP contribution in [0.1, 0.15) is 58.3 Å². The third-order valence-corrected chi connectivity index (χ3v) is 4.95. The zero-order chi connectivity index (χ0) is 15.2. The Morgan fingerprint density at radius 2 is 1.76 bits per heavy atom. The molecule has 120 valence electrons. The molecule has 0 bridgehead atoms. The number of amides is 2. The molecule has 1 aliphatic heterocycles. The van der Waals surface area contributed by atoms with Crippen molar-refractivity contribution in [2.24, 2.45) is 11.8 Å². The van der Waals surface area contributed by atoms with Gasteiger partial charge in [0.1, 0.15) is 0 Å². The van der Waals surface area contributed by atoms with Crippen molar-refractivity contribution in [1.82, 2.24) is 10.2 Å². The molecule has 3 unspecified atom stereocenters. The van der Waals surface area contributed by atoms with E-state index in [-0.39, 0.29) is 12.1 Å². The highest BCUT2D eigenvalue weighted by molar-refractivity contribution is 5.77. The summed E-state index contributed by atoms with van der Waals surface area (Å²) in [5.41, 5.74) is 0. The normalized spacial score (nSPS) is 31.1. The van der Waals surface area contributed by atoms with E-state index in [2.05, 4.69) is 12.2 Å². The number of carboxylic acids is 1. The molecule has 2 aliphatic rings. The quantitative estimate of drug-likeness (QED) is 0.770. The van der Waals surface area contributed by atoms with Gasteiger partial charge in [-0.05, 0) is 38.0 Å². The van der Waals surface area contributed by atoms with Crippen molar-refractivity contribution >= 4 is 12.0 Å². The molecule has 2 N–H and O–H groups in total. The number of aliphatic carboxylic acids is 1. The Morgan fingerprint density at radius 1 is 1.00 bits per heavy atom. The minimum absolute atomic E-state index is 0.0674. The van der Waals surface area contributed by atoms with Crippen molar-refractivity contribution < 1.29 is 14.7 Å². The molecule has 2 rings (SSSR count). The number of carboxylic acid groups (broad SMARTS) is 1. The number of rotatable bonds is 2. The highest BCUT2D eigenvalue weighted by Gasteiger charge is 2.31. The van der Waals surface area contributed by atoms with E-state index in [1.165, 1.54) is 6.42 Å². The Balaban J connectivity index is 1.94. The SMILES string of the molecule is CC1CCCN(C(=O)NC2CCCCCC2C(=O)O)CC1. The van der Waals surface area contributed by atoms with E-state index >= 15 is 0 Å². The number of nitrogens with one attached hydrogen (secondary N) is 1. The number of nitrogens with zero attached hydrogens (tertiary/aromatic N) is 1. The molecular weight excluding hydrogens is 268 g/mol. The van der Waals surface area contributed by atoms with Crippen molar-refractivity contribution in [3.05, 3.63) is 0 Å². The fourth-order valence-electron chi connectivity index (χ4n) is 3.49. The second-order valence-electron chi connectivity index (χ2n) is 6.66. The number of hydrogen-bond acceptors (Lipinski definition) is 2. The molecule has 1 saturated carbocycles. The first-order valence-electron chi connectivity index (χ1n) is 8.36. The largest absolute Gasteiger partial charge is 0.481 e. The first-order valence-corrected chi connectivity index (χ1v) is 8.36. The van der Waals surface area contributed by atoms with Crippen molar-refractivity contribution in [1.29, 1.82) is 0 Å². The fourth-order valence-corrected chi connectivity index (χ4v) is 3.49. The van der Waals surface area contributed by atoms with Gasteiger partial charge in [-0.3, -0.25) is 4.79 Å². The van der Waals surface area contributed by atoms with Crippen molar-refractivity contribution in [3.8, 4) is 0 Å². The van der Waals surface area contributed by atoms with Gasteiger partial charge in [0.15, 0.2) is 0 Å². The van der Waals surface area contributed by atoms with E-state index in [1.807, 2.05) is 4.90 Å². The Kier molecular flexibility index (Phi) is 5.88. The Morgan fingerprint density at radius 3 is 2.52 bits per heavy atom. The maximum absolute atomic E-state index is 12.4. The molecule has 1 heterocycles. The lowest BCUT2D eigenvalue weighted by molar-refractivity contribution is -0.142. The number of hydrogen-bond donors (Lipinski definition) is 2. The lowest BCUT2D eigenvalue weighted by Crippen LogP contribution is -2.49. The van der Waals surface area contributed by atoms with Crippen molar-refractivity contribution in [2.45, 2.75) is 64.3 Å². The molecule has 5 heteroatoms. The highest BCUT2D eigenvalue weighted by Crippen LogP contribution is 2.24. The molecule has 0 aromatic heterocycles. The van der Waals surface area contributed by atoms with Gasteiger partial charge in [0.25, 0.3) is 0 Å². The second kappa shape index (κ2) is 7.66. The van der Waals surface area contributed by atoms with Gasteiger partial charge in [-0.15, -0.1) is 0 Å². The molecular formula is C16H28N2O3.